The summed E-state index contributed by atoms with van der Waals surface area (Å²) in [6.07, 6.45) is 3.60. The molecule has 0 amide bonds. The van der Waals surface area contributed by atoms with E-state index in [2.05, 4.69) is 23.7 Å². The molecule has 110 valence electrons. The lowest BCUT2D eigenvalue weighted by Crippen LogP contribution is -2.25. The van der Waals surface area contributed by atoms with Crippen molar-refractivity contribution in [2.45, 2.75) is 37.8 Å². The molecular weight excluding hydrogens is 286 g/mol. The highest BCUT2D eigenvalue weighted by Gasteiger charge is 2.18. The number of hydrogen-bond donors (Lipinski definition) is 0. The molecule has 0 aliphatic carbocycles. The molecule has 5 nitrogen and oxygen atoms in total. The van der Waals surface area contributed by atoms with Crippen molar-refractivity contribution in [3.63, 3.8) is 0 Å². The zero-order chi connectivity index (χ0) is 14.5. The first-order valence-electron chi connectivity index (χ1n) is 6.46. The molecule has 0 spiro atoms. The fourth-order valence-corrected chi connectivity index (χ4v) is 3.09. The Kier molecular flexibility index (Phi) is 6.29. The molecule has 1 aromatic heterocycles. The predicted molar refractivity (Wildman–Crippen MR) is 77.3 cm³/mol. The molecule has 0 fully saturated rings. The van der Waals surface area contributed by atoms with Crippen molar-refractivity contribution in [3.05, 3.63) is 11.9 Å². The molecular formula is C12H22ClN3O2S. The van der Waals surface area contributed by atoms with Gasteiger partial charge in [0.05, 0.1) is 17.8 Å². The zero-order valence-corrected chi connectivity index (χ0v) is 13.3. The number of halogens is 1. The van der Waals surface area contributed by atoms with E-state index >= 15 is 0 Å². The summed E-state index contributed by atoms with van der Waals surface area (Å²) in [6, 6.07) is 0. The van der Waals surface area contributed by atoms with Crippen LogP contribution in [-0.2, 0) is 22.3 Å². The lowest BCUT2D eigenvalue weighted by molar-refractivity contribution is 0.291. The smallest absolute Gasteiger partial charge is 0.227 e. The number of imidazole rings is 1. The average Bonchev–Trinajstić information content (AvgIpc) is 2.77. The first-order valence-corrected chi connectivity index (χ1v) is 8.89. The second-order valence-electron chi connectivity index (χ2n) is 4.47. The molecule has 0 saturated carbocycles. The number of aromatic nitrogens is 2. The van der Waals surface area contributed by atoms with Crippen LogP contribution in [0.15, 0.2) is 11.4 Å². The lowest BCUT2D eigenvalue weighted by atomic mass is 10.3. The van der Waals surface area contributed by atoms with Crippen LogP contribution in [0.2, 0.25) is 0 Å². The highest BCUT2D eigenvalue weighted by Crippen LogP contribution is 2.14. The van der Waals surface area contributed by atoms with Gasteiger partial charge in [-0.3, -0.25) is 0 Å². The maximum Gasteiger partial charge on any atom is 0.227 e. The van der Waals surface area contributed by atoms with Gasteiger partial charge < -0.3 is 9.47 Å². The minimum Gasteiger partial charge on any atom is -0.318 e. The largest absolute Gasteiger partial charge is 0.318 e. The Bertz CT molecular complexity index is 495. The van der Waals surface area contributed by atoms with Gasteiger partial charge in [0.15, 0.2) is 0 Å². The van der Waals surface area contributed by atoms with Crippen LogP contribution >= 0.6 is 11.6 Å². The summed E-state index contributed by atoms with van der Waals surface area (Å²) >= 11 is 5.83. The van der Waals surface area contributed by atoms with Crippen molar-refractivity contribution < 1.29 is 8.42 Å². The van der Waals surface area contributed by atoms with Crippen molar-refractivity contribution in [2.24, 2.45) is 0 Å². The molecule has 0 unspecified atom stereocenters. The molecule has 0 atom stereocenters. The van der Waals surface area contributed by atoms with E-state index in [1.165, 1.54) is 6.26 Å². The third-order valence-electron chi connectivity index (χ3n) is 3.12. The molecule has 1 aromatic rings. The van der Waals surface area contributed by atoms with Crippen molar-refractivity contribution >= 4 is 21.4 Å². The molecule has 0 aromatic carbocycles. The summed E-state index contributed by atoms with van der Waals surface area (Å²) in [5, 5.41) is 0.114. The first kappa shape index (κ1) is 16.5. The van der Waals surface area contributed by atoms with E-state index in [1.54, 1.807) is 10.8 Å². The Hall–Kier alpha value is -0.590. The zero-order valence-electron chi connectivity index (χ0n) is 11.8. The van der Waals surface area contributed by atoms with Gasteiger partial charge in [-0.25, -0.2) is 13.4 Å². The minimum absolute atomic E-state index is 0.114. The Balaban J connectivity index is 2.79. The molecule has 1 heterocycles. The summed E-state index contributed by atoms with van der Waals surface area (Å²) in [7, 11) is -3.30. The topological polar surface area (TPSA) is 55.2 Å². The van der Waals surface area contributed by atoms with Gasteiger partial charge in [-0.1, -0.05) is 13.8 Å². The molecule has 1 rings (SSSR count). The van der Waals surface area contributed by atoms with Crippen LogP contribution in [0.1, 0.15) is 26.0 Å². The monoisotopic (exact) mass is 307 g/mol. The normalized spacial score (nSPS) is 12.3. The second-order valence-corrected chi connectivity index (χ2v) is 6.65. The Morgan fingerprint density at radius 1 is 1.37 bits per heavy atom. The van der Waals surface area contributed by atoms with E-state index in [0.29, 0.717) is 6.54 Å². The summed E-state index contributed by atoms with van der Waals surface area (Å²) in [4.78, 5) is 6.28. The van der Waals surface area contributed by atoms with Gasteiger partial charge in [-0.05, 0) is 26.1 Å². The molecule has 0 radical (unpaired) electrons. The summed E-state index contributed by atoms with van der Waals surface area (Å²) in [5.74, 6) is 0.272. The summed E-state index contributed by atoms with van der Waals surface area (Å²) in [5.41, 5.74) is 0.752. The predicted octanol–water partition coefficient (Wildman–Crippen LogP) is 1.76. The first-order chi connectivity index (χ1) is 8.93. The van der Waals surface area contributed by atoms with Crippen molar-refractivity contribution in [1.82, 2.24) is 14.5 Å². The fraction of sp³-hybridized carbons (Fsp3) is 0.750. The van der Waals surface area contributed by atoms with Crippen molar-refractivity contribution in [3.8, 4) is 0 Å². The van der Waals surface area contributed by atoms with E-state index < -0.39 is 9.84 Å². The Morgan fingerprint density at radius 2 is 2.00 bits per heavy atom. The van der Waals surface area contributed by atoms with E-state index in [-0.39, 0.29) is 11.0 Å². The number of hydrogen-bond acceptors (Lipinski definition) is 4. The van der Waals surface area contributed by atoms with Gasteiger partial charge in [0.2, 0.25) is 15.0 Å². The van der Waals surface area contributed by atoms with Crippen LogP contribution in [0.5, 0.6) is 0 Å². The van der Waals surface area contributed by atoms with Crippen LogP contribution in [-0.4, -0.2) is 48.8 Å². The van der Waals surface area contributed by atoms with Gasteiger partial charge in [-0.15, -0.1) is 11.6 Å². The molecule has 0 saturated heterocycles. The molecule has 0 bridgehead atoms. The van der Waals surface area contributed by atoms with Crippen molar-refractivity contribution in [1.29, 1.82) is 0 Å². The quantitative estimate of drug-likeness (QED) is 0.687. The lowest BCUT2D eigenvalue weighted by Gasteiger charge is -2.18. The standard InChI is InChI=1S/C12H22ClN3O2S/c1-4-15(5-2)7-6-8-16-11(9-13)10-14-12(16)19(3,17)18/h10H,4-9H2,1-3H3. The fourth-order valence-electron chi connectivity index (χ4n) is 2.03. The summed E-state index contributed by atoms with van der Waals surface area (Å²) in [6.45, 7) is 7.81. The Labute approximate surface area is 120 Å². The third-order valence-corrected chi connectivity index (χ3v) is 4.38. The second kappa shape index (κ2) is 7.26. The third kappa shape index (κ3) is 4.47. The van der Waals surface area contributed by atoms with Crippen LogP contribution < -0.4 is 0 Å². The maximum absolute atomic E-state index is 11.7. The van der Waals surface area contributed by atoms with Crippen LogP contribution in [0.25, 0.3) is 0 Å². The molecule has 0 aliphatic heterocycles. The van der Waals surface area contributed by atoms with Crippen LogP contribution in [0.4, 0.5) is 0 Å². The number of nitrogens with zero attached hydrogens (tertiary/aromatic N) is 3. The number of sulfone groups is 1. The number of rotatable bonds is 8. The molecule has 0 aliphatic rings. The number of alkyl halides is 1. The van der Waals surface area contributed by atoms with Gasteiger partial charge in [0, 0.05) is 12.8 Å². The molecule has 0 N–H and O–H groups in total. The van der Waals surface area contributed by atoms with Gasteiger partial charge in [0.25, 0.3) is 0 Å². The van der Waals surface area contributed by atoms with Gasteiger partial charge in [-0.2, -0.15) is 0 Å². The van der Waals surface area contributed by atoms with Gasteiger partial charge in [0.1, 0.15) is 0 Å². The molecule has 7 heteroatoms. The van der Waals surface area contributed by atoms with E-state index in [0.717, 1.165) is 31.7 Å². The average molecular weight is 308 g/mol. The minimum atomic E-state index is -3.30. The van der Waals surface area contributed by atoms with E-state index in [1.807, 2.05) is 0 Å². The van der Waals surface area contributed by atoms with E-state index in [9.17, 15) is 8.42 Å². The van der Waals surface area contributed by atoms with Crippen molar-refractivity contribution in [2.75, 3.05) is 25.9 Å². The highest BCUT2D eigenvalue weighted by molar-refractivity contribution is 7.90. The summed E-state index contributed by atoms with van der Waals surface area (Å²) < 4.78 is 25.0. The SMILES string of the molecule is CCN(CC)CCCn1c(CCl)cnc1S(C)(=O)=O. The van der Waals surface area contributed by atoms with Crippen LogP contribution in [0.3, 0.4) is 0 Å². The maximum atomic E-state index is 11.7. The van der Waals surface area contributed by atoms with Crippen LogP contribution in [0, 0.1) is 0 Å². The molecule has 19 heavy (non-hydrogen) atoms. The van der Waals surface area contributed by atoms with Gasteiger partial charge >= 0.3 is 0 Å². The highest BCUT2D eigenvalue weighted by atomic mass is 35.5. The van der Waals surface area contributed by atoms with E-state index in [4.69, 9.17) is 11.6 Å². The Morgan fingerprint density at radius 3 is 2.47 bits per heavy atom.